The summed E-state index contributed by atoms with van der Waals surface area (Å²) in [6.45, 7) is 3.23. The summed E-state index contributed by atoms with van der Waals surface area (Å²) in [5.41, 5.74) is 0.889. The van der Waals surface area contributed by atoms with Crippen molar-refractivity contribution in [3.05, 3.63) is 57.6 Å². The van der Waals surface area contributed by atoms with Crippen LogP contribution in [0.2, 0.25) is 5.02 Å². The number of amides is 1. The zero-order valence-electron chi connectivity index (χ0n) is 15.6. The minimum Gasteiger partial charge on any atom is -0.508 e. The lowest BCUT2D eigenvalue weighted by Gasteiger charge is -2.15. The van der Waals surface area contributed by atoms with E-state index in [1.807, 2.05) is 0 Å². The summed E-state index contributed by atoms with van der Waals surface area (Å²) in [7, 11) is 3.13. The Morgan fingerprint density at radius 3 is 2.48 bits per heavy atom. The second-order valence-corrected chi connectivity index (χ2v) is 7.16. The van der Waals surface area contributed by atoms with Crippen molar-refractivity contribution in [1.82, 2.24) is 4.90 Å². The Hall–Kier alpha value is -2.34. The molecule has 0 radical (unpaired) electrons. The van der Waals surface area contributed by atoms with Crippen LogP contribution < -0.4 is 4.74 Å². The number of ether oxygens (including phenoxy) is 1. The van der Waals surface area contributed by atoms with Gasteiger partial charge < -0.3 is 14.7 Å². The van der Waals surface area contributed by atoms with E-state index >= 15 is 0 Å². The molecule has 0 bridgehead atoms. The van der Waals surface area contributed by atoms with Crippen molar-refractivity contribution < 1.29 is 23.4 Å². The zero-order chi connectivity index (χ0) is 20.3. The van der Waals surface area contributed by atoms with Crippen LogP contribution in [0.4, 0.5) is 8.78 Å². The third kappa shape index (κ3) is 4.89. The number of phenols is 1. The number of aromatic hydroxyl groups is 1. The fourth-order valence-electron chi connectivity index (χ4n) is 2.60. The number of hydrogen-bond acceptors (Lipinski definition) is 3. The van der Waals surface area contributed by atoms with Gasteiger partial charge in [-0.25, -0.2) is 8.78 Å². The maximum absolute atomic E-state index is 14.7. The van der Waals surface area contributed by atoms with Gasteiger partial charge in [0, 0.05) is 37.2 Å². The number of likely N-dealkylation sites (N-methyl/N-ethyl adjacent to an activating group) is 1. The molecule has 1 amide bonds. The molecule has 2 aromatic rings. The number of nitrogens with zero attached hydrogens (tertiary/aromatic N) is 1. The van der Waals surface area contributed by atoms with Crippen molar-refractivity contribution in [2.45, 2.75) is 26.2 Å². The van der Waals surface area contributed by atoms with Crippen LogP contribution in [0.15, 0.2) is 24.3 Å². The van der Waals surface area contributed by atoms with Crippen molar-refractivity contribution in [3.63, 3.8) is 0 Å². The van der Waals surface area contributed by atoms with Crippen molar-refractivity contribution in [2.75, 3.05) is 20.7 Å². The molecule has 0 aliphatic rings. The molecule has 1 N–H and O–H groups in total. The molecule has 27 heavy (non-hydrogen) atoms. The largest absolute Gasteiger partial charge is 0.508 e. The molecule has 2 rings (SSSR count). The maximum Gasteiger partial charge on any atom is 0.259 e. The van der Waals surface area contributed by atoms with Crippen LogP contribution in [0.1, 0.15) is 36.5 Å². The molecule has 146 valence electrons. The van der Waals surface area contributed by atoms with Crippen LogP contribution >= 0.6 is 11.6 Å². The molecule has 0 spiro atoms. The molecule has 0 aliphatic heterocycles. The second kappa shape index (κ2) is 8.57. The van der Waals surface area contributed by atoms with Gasteiger partial charge in [-0.1, -0.05) is 31.5 Å². The summed E-state index contributed by atoms with van der Waals surface area (Å²) in [6, 6.07) is 5.31. The Bertz CT molecular complexity index is 854. The first kappa shape index (κ1) is 21.0. The molecule has 4 nitrogen and oxygen atoms in total. The number of carbonyl (C=O) groups is 1. The van der Waals surface area contributed by atoms with Crippen LogP contribution in [-0.2, 0) is 11.2 Å². The molecule has 0 saturated carbocycles. The molecule has 0 aromatic heterocycles. The lowest BCUT2D eigenvalue weighted by atomic mass is 9.95. The first-order valence-electron chi connectivity index (χ1n) is 8.42. The SMILES string of the molecule is CC(C)c1c(O)ccc(Cc2cc(F)c(OCC(=O)N(C)C)cc2Cl)c1F. The molecular weight excluding hydrogens is 376 g/mol. The molecule has 0 atom stereocenters. The van der Waals surface area contributed by atoms with Crippen molar-refractivity contribution >= 4 is 17.5 Å². The Kier molecular flexibility index (Phi) is 6.65. The van der Waals surface area contributed by atoms with Crippen LogP contribution in [0, 0.1) is 11.6 Å². The van der Waals surface area contributed by atoms with Gasteiger partial charge in [-0.2, -0.15) is 0 Å². The molecule has 0 heterocycles. The monoisotopic (exact) mass is 397 g/mol. The van der Waals surface area contributed by atoms with E-state index in [0.717, 1.165) is 0 Å². The molecule has 0 aliphatic carbocycles. The molecule has 0 saturated heterocycles. The van der Waals surface area contributed by atoms with Crippen LogP contribution in [0.5, 0.6) is 11.5 Å². The summed E-state index contributed by atoms with van der Waals surface area (Å²) >= 11 is 6.20. The molecule has 2 aromatic carbocycles. The van der Waals surface area contributed by atoms with E-state index in [0.29, 0.717) is 11.1 Å². The van der Waals surface area contributed by atoms with Gasteiger partial charge >= 0.3 is 0 Å². The van der Waals surface area contributed by atoms with E-state index < -0.39 is 11.6 Å². The van der Waals surface area contributed by atoms with Gasteiger partial charge in [-0.3, -0.25) is 4.79 Å². The number of rotatable bonds is 6. The first-order chi connectivity index (χ1) is 12.6. The minimum absolute atomic E-state index is 0.0541. The zero-order valence-corrected chi connectivity index (χ0v) is 16.4. The van der Waals surface area contributed by atoms with Gasteiger partial charge in [-0.15, -0.1) is 0 Å². The Morgan fingerprint density at radius 1 is 1.22 bits per heavy atom. The van der Waals surface area contributed by atoms with Crippen LogP contribution in [-0.4, -0.2) is 36.6 Å². The van der Waals surface area contributed by atoms with Crippen molar-refractivity contribution in [1.29, 1.82) is 0 Å². The van der Waals surface area contributed by atoms with Crippen molar-refractivity contribution in [2.24, 2.45) is 0 Å². The summed E-state index contributed by atoms with van der Waals surface area (Å²) in [4.78, 5) is 12.9. The van der Waals surface area contributed by atoms with Gasteiger partial charge in [0.15, 0.2) is 18.2 Å². The number of hydrogen-bond donors (Lipinski definition) is 1. The Labute approximate surface area is 162 Å². The fourth-order valence-corrected chi connectivity index (χ4v) is 2.82. The smallest absolute Gasteiger partial charge is 0.259 e. The minimum atomic E-state index is -0.691. The molecule has 7 heteroatoms. The predicted molar refractivity (Wildman–Crippen MR) is 101 cm³/mol. The van der Waals surface area contributed by atoms with Crippen molar-refractivity contribution in [3.8, 4) is 11.5 Å². The highest BCUT2D eigenvalue weighted by atomic mass is 35.5. The number of benzene rings is 2. The van der Waals surface area contributed by atoms with Crippen LogP contribution in [0.3, 0.4) is 0 Å². The van der Waals surface area contributed by atoms with E-state index in [1.165, 1.54) is 29.2 Å². The van der Waals surface area contributed by atoms with Gasteiger partial charge in [-0.05, 0) is 29.2 Å². The average molecular weight is 398 g/mol. The number of carbonyl (C=O) groups excluding carboxylic acids is 1. The van der Waals surface area contributed by atoms with E-state index in [4.69, 9.17) is 16.3 Å². The topological polar surface area (TPSA) is 49.8 Å². The highest BCUT2D eigenvalue weighted by Crippen LogP contribution is 2.33. The van der Waals surface area contributed by atoms with E-state index in [1.54, 1.807) is 27.9 Å². The summed E-state index contributed by atoms with van der Waals surface area (Å²) in [5.74, 6) is -2.00. The van der Waals surface area contributed by atoms with Crippen LogP contribution in [0.25, 0.3) is 0 Å². The van der Waals surface area contributed by atoms with Gasteiger partial charge in [0.2, 0.25) is 0 Å². The third-order valence-corrected chi connectivity index (χ3v) is 4.50. The normalized spacial score (nSPS) is 11.0. The van der Waals surface area contributed by atoms with Gasteiger partial charge in [0.1, 0.15) is 11.6 Å². The first-order valence-corrected chi connectivity index (χ1v) is 8.80. The lowest BCUT2D eigenvalue weighted by Crippen LogP contribution is -2.27. The lowest BCUT2D eigenvalue weighted by molar-refractivity contribution is -0.130. The quantitative estimate of drug-likeness (QED) is 0.780. The van der Waals surface area contributed by atoms with E-state index in [9.17, 15) is 18.7 Å². The fraction of sp³-hybridized carbons (Fsp3) is 0.350. The highest BCUT2D eigenvalue weighted by Gasteiger charge is 2.18. The van der Waals surface area contributed by atoms with Gasteiger partial charge in [0.25, 0.3) is 5.91 Å². The van der Waals surface area contributed by atoms with Gasteiger partial charge in [0.05, 0.1) is 0 Å². The molecule has 0 fully saturated rings. The Morgan fingerprint density at radius 2 is 1.89 bits per heavy atom. The predicted octanol–water partition coefficient (Wildman–Crippen LogP) is 4.51. The molecular formula is C20H22ClF2NO3. The summed E-state index contributed by atoms with van der Waals surface area (Å²) in [6.07, 6.45) is 0.0541. The third-order valence-electron chi connectivity index (χ3n) is 4.15. The highest BCUT2D eigenvalue weighted by molar-refractivity contribution is 6.31. The summed E-state index contributed by atoms with van der Waals surface area (Å²) < 4.78 is 34.2. The maximum atomic E-state index is 14.7. The van der Waals surface area contributed by atoms with E-state index in [2.05, 4.69) is 0 Å². The number of phenolic OH excluding ortho intramolecular Hbond substituents is 1. The average Bonchev–Trinajstić information content (AvgIpc) is 2.58. The molecule has 0 unspecified atom stereocenters. The van der Waals surface area contributed by atoms with E-state index in [-0.39, 0.29) is 46.9 Å². The second-order valence-electron chi connectivity index (χ2n) is 6.75. The standard InChI is InChI=1S/C20H22ClF2NO3/c1-11(2)19-16(25)6-5-12(20(19)23)7-13-8-15(22)17(9-14(13)21)27-10-18(26)24(3)4/h5-6,8-9,11,25H,7,10H2,1-4H3. The summed E-state index contributed by atoms with van der Waals surface area (Å²) in [5, 5.41) is 10.1. The number of halogens is 3. The Balaban J connectivity index is 2.27.